The number of nitrogens with one attached hydrogen (secondary N) is 1. The molecule has 2 atom stereocenters. The van der Waals surface area contributed by atoms with E-state index in [0.29, 0.717) is 12.8 Å². The first-order valence-electron chi connectivity index (χ1n) is 10.1. The van der Waals surface area contributed by atoms with E-state index in [-0.39, 0.29) is 11.9 Å². The maximum absolute atomic E-state index is 13.1. The van der Waals surface area contributed by atoms with E-state index in [2.05, 4.69) is 11.4 Å². The first-order chi connectivity index (χ1) is 13.7. The molecule has 0 radical (unpaired) electrons. The van der Waals surface area contributed by atoms with Crippen LogP contribution >= 0.6 is 0 Å². The number of carbonyl (C=O) groups excluding carboxylic acids is 1. The van der Waals surface area contributed by atoms with Crippen LogP contribution in [-0.2, 0) is 4.79 Å². The van der Waals surface area contributed by atoms with Gasteiger partial charge >= 0.3 is 0 Å². The molecule has 0 bridgehead atoms. The molecule has 0 unspecified atom stereocenters. The van der Waals surface area contributed by atoms with Gasteiger partial charge in [0, 0.05) is 18.1 Å². The Morgan fingerprint density at radius 3 is 2.48 bits per heavy atom. The van der Waals surface area contributed by atoms with E-state index in [1.54, 1.807) is 7.11 Å². The summed E-state index contributed by atoms with van der Waals surface area (Å²) in [6.07, 6.45) is 0.711. The van der Waals surface area contributed by atoms with Gasteiger partial charge in [0.1, 0.15) is 22.8 Å². The molecule has 5 nitrogen and oxygen atoms in total. The number of methoxy groups -OCH3 is 1. The predicted octanol–water partition coefficient (Wildman–Crippen LogP) is 4.89. The lowest BCUT2D eigenvalue weighted by Crippen LogP contribution is -2.45. The minimum absolute atomic E-state index is 0.115. The summed E-state index contributed by atoms with van der Waals surface area (Å²) >= 11 is 0. The van der Waals surface area contributed by atoms with Crippen LogP contribution < -0.4 is 19.5 Å². The van der Waals surface area contributed by atoms with Crippen LogP contribution in [0.2, 0.25) is 0 Å². The van der Waals surface area contributed by atoms with Crippen LogP contribution in [0.4, 0.5) is 0 Å². The second-order valence-corrected chi connectivity index (χ2v) is 8.37. The van der Waals surface area contributed by atoms with Crippen LogP contribution in [0.5, 0.6) is 17.2 Å². The molecular formula is C24H31NO4. The lowest BCUT2D eigenvalue weighted by molar-refractivity contribution is -0.129. The smallest absolute Gasteiger partial charge is 0.261 e. The van der Waals surface area contributed by atoms with Gasteiger partial charge in [-0.05, 0) is 69.5 Å². The van der Waals surface area contributed by atoms with Crippen molar-refractivity contribution in [3.63, 3.8) is 0 Å². The van der Waals surface area contributed by atoms with Gasteiger partial charge in [-0.15, -0.1) is 0 Å². The van der Waals surface area contributed by atoms with Crippen molar-refractivity contribution in [3.8, 4) is 17.2 Å². The quantitative estimate of drug-likeness (QED) is 0.754. The fourth-order valence-corrected chi connectivity index (χ4v) is 3.84. The predicted molar refractivity (Wildman–Crippen MR) is 114 cm³/mol. The summed E-state index contributed by atoms with van der Waals surface area (Å²) in [5.41, 5.74) is 2.79. The van der Waals surface area contributed by atoms with E-state index in [0.717, 1.165) is 33.9 Å². The average Bonchev–Trinajstić information content (AvgIpc) is 2.63. The van der Waals surface area contributed by atoms with Gasteiger partial charge in [-0.2, -0.15) is 0 Å². The minimum atomic E-state index is -0.552. The number of ether oxygens (including phenoxy) is 3. The standard InChI is InChI=1S/C24H31NO4/c1-7-21(28-18-11-15(2)10-16(3)12-18)23(26)25-20-14-24(4,5)29-22-13-17(27-6)8-9-19(20)22/h8-13,20-21H,7,14H2,1-6H3,(H,25,26)/t20-,21+/m0/s1. The summed E-state index contributed by atoms with van der Waals surface area (Å²) in [5.74, 6) is 2.09. The number of amides is 1. The highest BCUT2D eigenvalue weighted by atomic mass is 16.5. The van der Waals surface area contributed by atoms with Crippen molar-refractivity contribution in [1.82, 2.24) is 5.32 Å². The Balaban J connectivity index is 1.79. The third kappa shape index (κ3) is 5.03. The van der Waals surface area contributed by atoms with Crippen LogP contribution in [0, 0.1) is 13.8 Å². The highest BCUT2D eigenvalue weighted by Gasteiger charge is 2.36. The first kappa shape index (κ1) is 21.0. The highest BCUT2D eigenvalue weighted by Crippen LogP contribution is 2.41. The SMILES string of the molecule is CC[C@@H](Oc1cc(C)cc(C)c1)C(=O)N[C@H]1CC(C)(C)Oc2cc(OC)ccc21. The van der Waals surface area contributed by atoms with E-state index < -0.39 is 11.7 Å². The van der Waals surface area contributed by atoms with Crippen molar-refractivity contribution in [2.24, 2.45) is 0 Å². The van der Waals surface area contributed by atoms with Gasteiger partial charge in [0.2, 0.25) is 0 Å². The highest BCUT2D eigenvalue weighted by molar-refractivity contribution is 5.81. The van der Waals surface area contributed by atoms with Gasteiger partial charge in [0.05, 0.1) is 13.2 Å². The molecule has 0 aliphatic carbocycles. The molecule has 1 aliphatic rings. The molecule has 0 saturated carbocycles. The fraction of sp³-hybridized carbons (Fsp3) is 0.458. The number of rotatable bonds is 6. The van der Waals surface area contributed by atoms with Crippen LogP contribution in [-0.4, -0.2) is 24.7 Å². The molecule has 2 aromatic rings. The van der Waals surface area contributed by atoms with E-state index in [1.165, 1.54) is 0 Å². The number of carbonyl (C=O) groups is 1. The van der Waals surface area contributed by atoms with Crippen molar-refractivity contribution in [1.29, 1.82) is 0 Å². The molecule has 3 rings (SSSR count). The van der Waals surface area contributed by atoms with Crippen LogP contribution in [0.3, 0.4) is 0 Å². The number of hydrogen-bond donors (Lipinski definition) is 1. The lowest BCUT2D eigenvalue weighted by Gasteiger charge is -2.38. The summed E-state index contributed by atoms with van der Waals surface area (Å²) in [7, 11) is 1.63. The van der Waals surface area contributed by atoms with Crippen molar-refractivity contribution >= 4 is 5.91 Å². The molecule has 0 saturated heterocycles. The zero-order chi connectivity index (χ0) is 21.2. The lowest BCUT2D eigenvalue weighted by atomic mass is 9.89. The van der Waals surface area contributed by atoms with Gasteiger partial charge in [0.25, 0.3) is 5.91 Å². The summed E-state index contributed by atoms with van der Waals surface area (Å²) in [4.78, 5) is 13.1. The van der Waals surface area contributed by atoms with E-state index in [4.69, 9.17) is 14.2 Å². The number of benzene rings is 2. The Kier molecular flexibility index (Phi) is 6.06. The fourth-order valence-electron chi connectivity index (χ4n) is 3.84. The second-order valence-electron chi connectivity index (χ2n) is 8.37. The normalized spacial score (nSPS) is 18.2. The molecular weight excluding hydrogens is 366 g/mol. The largest absolute Gasteiger partial charge is 0.497 e. The van der Waals surface area contributed by atoms with Crippen LogP contribution in [0.15, 0.2) is 36.4 Å². The monoisotopic (exact) mass is 397 g/mol. The number of hydrogen-bond acceptors (Lipinski definition) is 4. The molecule has 0 aromatic heterocycles. The van der Waals surface area contributed by atoms with Crippen molar-refractivity contribution in [3.05, 3.63) is 53.1 Å². The second kappa shape index (κ2) is 8.36. The van der Waals surface area contributed by atoms with Gasteiger partial charge < -0.3 is 19.5 Å². The Morgan fingerprint density at radius 1 is 1.17 bits per heavy atom. The van der Waals surface area contributed by atoms with Gasteiger partial charge in [-0.25, -0.2) is 0 Å². The van der Waals surface area contributed by atoms with Crippen LogP contribution in [0.1, 0.15) is 56.3 Å². The third-order valence-corrected chi connectivity index (χ3v) is 5.13. The molecule has 2 aromatic carbocycles. The summed E-state index contributed by atoms with van der Waals surface area (Å²) in [5, 5.41) is 3.18. The average molecular weight is 398 g/mol. The van der Waals surface area contributed by atoms with Crippen LogP contribution in [0.25, 0.3) is 0 Å². The van der Waals surface area contributed by atoms with Crippen molar-refractivity contribution in [2.75, 3.05) is 7.11 Å². The van der Waals surface area contributed by atoms with E-state index in [9.17, 15) is 4.79 Å². The van der Waals surface area contributed by atoms with Gasteiger partial charge in [0.15, 0.2) is 6.10 Å². The Morgan fingerprint density at radius 2 is 1.86 bits per heavy atom. The van der Waals surface area contributed by atoms with Gasteiger partial charge in [-0.3, -0.25) is 4.79 Å². The maximum atomic E-state index is 13.1. The van der Waals surface area contributed by atoms with Crippen molar-refractivity contribution < 1.29 is 19.0 Å². The molecule has 1 N–H and O–H groups in total. The molecule has 0 fully saturated rings. The Bertz CT molecular complexity index is 870. The molecule has 1 amide bonds. The van der Waals surface area contributed by atoms with Crippen molar-refractivity contribution in [2.45, 2.75) is 65.2 Å². The maximum Gasteiger partial charge on any atom is 0.261 e. The zero-order valence-corrected chi connectivity index (χ0v) is 18.2. The summed E-state index contributed by atoms with van der Waals surface area (Å²) in [6.45, 7) is 10.1. The summed E-state index contributed by atoms with van der Waals surface area (Å²) in [6, 6.07) is 11.6. The minimum Gasteiger partial charge on any atom is -0.497 e. The molecule has 1 heterocycles. The molecule has 1 aliphatic heterocycles. The number of fused-ring (bicyclic) bond motifs is 1. The third-order valence-electron chi connectivity index (χ3n) is 5.13. The Labute approximate surface area is 173 Å². The molecule has 29 heavy (non-hydrogen) atoms. The molecule has 5 heteroatoms. The van der Waals surface area contributed by atoms with E-state index >= 15 is 0 Å². The molecule has 156 valence electrons. The van der Waals surface area contributed by atoms with E-state index in [1.807, 2.05) is 65.0 Å². The topological polar surface area (TPSA) is 56.8 Å². The zero-order valence-electron chi connectivity index (χ0n) is 18.2. The molecule has 0 spiro atoms. The number of aryl methyl sites for hydroxylation is 2. The van der Waals surface area contributed by atoms with Gasteiger partial charge in [-0.1, -0.05) is 13.0 Å². The first-order valence-corrected chi connectivity index (χ1v) is 10.1. The Hall–Kier alpha value is -2.69. The summed E-state index contributed by atoms with van der Waals surface area (Å²) < 4.78 is 17.5.